The van der Waals surface area contributed by atoms with Crippen LogP contribution in [0.3, 0.4) is 0 Å². The van der Waals surface area contributed by atoms with Gasteiger partial charge in [-0.3, -0.25) is 9.36 Å². The van der Waals surface area contributed by atoms with Crippen molar-refractivity contribution in [1.29, 1.82) is 0 Å². The number of H-pyrrole nitrogens is 1. The van der Waals surface area contributed by atoms with Gasteiger partial charge in [-0.05, 0) is 12.1 Å². The molecule has 0 aliphatic carbocycles. The van der Waals surface area contributed by atoms with Crippen LogP contribution < -0.4 is 11.0 Å². The first-order valence-electron chi connectivity index (χ1n) is 8.78. The Kier molecular flexibility index (Phi) is 5.89. The third kappa shape index (κ3) is 4.67. The maximum absolute atomic E-state index is 12.2. The average Bonchev–Trinajstić information content (AvgIpc) is 3.35. The second-order valence-corrected chi connectivity index (χ2v) is 6.45. The van der Waals surface area contributed by atoms with Gasteiger partial charge in [-0.2, -0.15) is 13.2 Å². The normalized spacial score (nSPS) is 15.4. The lowest BCUT2D eigenvalue weighted by Crippen LogP contribution is -2.35. The van der Waals surface area contributed by atoms with E-state index in [4.69, 9.17) is 9.90 Å². The topological polar surface area (TPSA) is 135 Å². The van der Waals surface area contributed by atoms with E-state index in [1.807, 2.05) is 10.8 Å². The number of aromatic nitrogens is 5. The van der Waals surface area contributed by atoms with Crippen molar-refractivity contribution in [2.45, 2.75) is 25.7 Å². The van der Waals surface area contributed by atoms with Gasteiger partial charge in [0, 0.05) is 44.6 Å². The average molecular weight is 426 g/mol. The Balaban J connectivity index is 0.000000318. The molecule has 3 aromatic heterocycles. The summed E-state index contributed by atoms with van der Waals surface area (Å²) in [5.41, 5.74) is 1.09. The first-order chi connectivity index (χ1) is 14.2. The zero-order valence-corrected chi connectivity index (χ0v) is 15.4. The van der Waals surface area contributed by atoms with Crippen molar-refractivity contribution in [2.75, 3.05) is 6.54 Å². The lowest BCUT2D eigenvalue weighted by Gasteiger charge is -2.10. The third-order valence-corrected chi connectivity index (χ3v) is 4.42. The number of rotatable bonds is 4. The van der Waals surface area contributed by atoms with E-state index in [0.717, 1.165) is 5.82 Å². The number of aromatic amines is 1. The van der Waals surface area contributed by atoms with Gasteiger partial charge in [0.15, 0.2) is 5.65 Å². The Labute approximate surface area is 166 Å². The molecular weight excluding hydrogens is 409 g/mol. The molecule has 1 amide bonds. The highest BCUT2D eigenvalue weighted by Gasteiger charge is 2.38. The summed E-state index contributed by atoms with van der Waals surface area (Å²) in [6, 6.07) is 3.58. The summed E-state index contributed by atoms with van der Waals surface area (Å²) in [5, 5.41) is 10.0. The smallest absolute Gasteiger partial charge is 0.475 e. The van der Waals surface area contributed by atoms with E-state index in [0.29, 0.717) is 37.2 Å². The molecule has 10 nitrogen and oxygen atoms in total. The minimum atomic E-state index is -5.08. The number of nitrogens with one attached hydrogen (secondary N) is 2. The number of amides is 1. The van der Waals surface area contributed by atoms with E-state index >= 15 is 0 Å². The molecule has 3 N–H and O–H groups in total. The lowest BCUT2D eigenvalue weighted by molar-refractivity contribution is -0.192. The predicted octanol–water partition coefficient (Wildman–Crippen LogP) is 0.543. The van der Waals surface area contributed by atoms with Crippen LogP contribution in [-0.4, -0.2) is 53.8 Å². The Morgan fingerprint density at radius 1 is 1.30 bits per heavy atom. The predicted molar refractivity (Wildman–Crippen MR) is 96.5 cm³/mol. The Morgan fingerprint density at radius 3 is 2.70 bits per heavy atom. The Bertz CT molecular complexity index is 1100. The lowest BCUT2D eigenvalue weighted by atomic mass is 10.1. The van der Waals surface area contributed by atoms with Crippen LogP contribution in [0.15, 0.2) is 35.5 Å². The number of carbonyl (C=O) groups is 2. The zero-order valence-electron chi connectivity index (χ0n) is 15.4. The van der Waals surface area contributed by atoms with Crippen LogP contribution >= 0.6 is 0 Å². The molecule has 0 saturated carbocycles. The summed E-state index contributed by atoms with van der Waals surface area (Å²) in [6.45, 7) is 1.44. The number of alkyl halides is 3. The summed E-state index contributed by atoms with van der Waals surface area (Å²) in [4.78, 5) is 44.2. The molecule has 30 heavy (non-hydrogen) atoms. The molecule has 13 heteroatoms. The fourth-order valence-corrected chi connectivity index (χ4v) is 3.03. The SMILES string of the molecule is O=C(NCCn1c(=O)[nH]c2cccnc21)C1Cc2nccn2C1.O=C(O)C(F)(F)F. The second-order valence-electron chi connectivity index (χ2n) is 6.45. The number of carboxylic acid groups (broad SMARTS) is 1. The van der Waals surface area contributed by atoms with Gasteiger partial charge < -0.3 is 20.0 Å². The molecule has 3 aromatic rings. The number of aliphatic carboxylic acids is 1. The molecule has 0 spiro atoms. The number of carboxylic acids is 1. The van der Waals surface area contributed by atoms with Crippen LogP contribution in [0.25, 0.3) is 11.2 Å². The van der Waals surface area contributed by atoms with Gasteiger partial charge in [-0.1, -0.05) is 0 Å². The number of pyridine rings is 1. The highest BCUT2D eigenvalue weighted by atomic mass is 19.4. The van der Waals surface area contributed by atoms with E-state index in [1.54, 1.807) is 24.5 Å². The summed E-state index contributed by atoms with van der Waals surface area (Å²) in [7, 11) is 0. The molecular formula is C17H17F3N6O4. The molecule has 0 fully saturated rings. The molecule has 1 atom stereocenters. The fourth-order valence-electron chi connectivity index (χ4n) is 3.03. The minimum absolute atomic E-state index is 0.00338. The molecule has 0 bridgehead atoms. The maximum atomic E-state index is 12.2. The summed E-state index contributed by atoms with van der Waals surface area (Å²) < 4.78 is 35.3. The number of halogens is 3. The van der Waals surface area contributed by atoms with Gasteiger partial charge in [0.1, 0.15) is 5.82 Å². The van der Waals surface area contributed by atoms with E-state index in [-0.39, 0.29) is 17.5 Å². The molecule has 160 valence electrons. The van der Waals surface area contributed by atoms with Crippen molar-refractivity contribution in [2.24, 2.45) is 5.92 Å². The maximum Gasteiger partial charge on any atom is 0.490 e. The number of carbonyl (C=O) groups excluding carboxylic acids is 1. The molecule has 1 aliphatic rings. The molecule has 0 aromatic carbocycles. The summed E-state index contributed by atoms with van der Waals surface area (Å²) >= 11 is 0. The zero-order chi connectivity index (χ0) is 21.9. The molecule has 1 aliphatic heterocycles. The minimum Gasteiger partial charge on any atom is -0.475 e. The molecule has 4 heterocycles. The Hall–Kier alpha value is -3.64. The van der Waals surface area contributed by atoms with E-state index in [2.05, 4.69) is 20.3 Å². The number of nitrogens with zero attached hydrogens (tertiary/aromatic N) is 4. The van der Waals surface area contributed by atoms with Crippen LogP contribution in [0, 0.1) is 5.92 Å². The third-order valence-electron chi connectivity index (χ3n) is 4.42. The van der Waals surface area contributed by atoms with Gasteiger partial charge in [-0.15, -0.1) is 0 Å². The molecule has 0 radical (unpaired) electrons. The first-order valence-corrected chi connectivity index (χ1v) is 8.78. The quantitative estimate of drug-likeness (QED) is 0.558. The van der Waals surface area contributed by atoms with Crippen LogP contribution in [0.4, 0.5) is 13.2 Å². The summed E-state index contributed by atoms with van der Waals surface area (Å²) in [6.07, 6.45) is 0.859. The number of hydrogen-bond donors (Lipinski definition) is 3. The van der Waals surface area contributed by atoms with Crippen molar-refractivity contribution >= 4 is 23.0 Å². The fraction of sp³-hybridized carbons (Fsp3) is 0.353. The van der Waals surface area contributed by atoms with Crippen molar-refractivity contribution in [3.63, 3.8) is 0 Å². The van der Waals surface area contributed by atoms with Gasteiger partial charge in [0.2, 0.25) is 5.91 Å². The Morgan fingerprint density at radius 2 is 2.03 bits per heavy atom. The van der Waals surface area contributed by atoms with Crippen LogP contribution in [0.1, 0.15) is 5.82 Å². The molecule has 0 saturated heterocycles. The van der Waals surface area contributed by atoms with E-state index in [1.165, 1.54) is 4.57 Å². The number of hydrogen-bond acceptors (Lipinski definition) is 5. The standard InChI is InChI=1S/C15H16N6O2.C2HF3O2/c22-14(10-8-12-16-4-6-20(12)9-10)18-5-7-21-13-11(19-15(21)23)2-1-3-17-13;3-2(4,5)1(6)7/h1-4,6,10H,5,7-9H2,(H,18,22)(H,19,23);(H,6,7). The van der Waals surface area contributed by atoms with Crippen LogP contribution in [0.2, 0.25) is 0 Å². The highest BCUT2D eigenvalue weighted by molar-refractivity contribution is 5.79. The van der Waals surface area contributed by atoms with Crippen molar-refractivity contribution in [3.05, 3.63) is 47.0 Å². The second kappa shape index (κ2) is 8.39. The van der Waals surface area contributed by atoms with E-state index < -0.39 is 12.1 Å². The van der Waals surface area contributed by atoms with Crippen LogP contribution in [0.5, 0.6) is 0 Å². The molecule has 4 rings (SSSR count). The first kappa shape index (κ1) is 21.1. The van der Waals surface area contributed by atoms with Gasteiger partial charge in [-0.25, -0.2) is 19.6 Å². The highest BCUT2D eigenvalue weighted by Crippen LogP contribution is 2.18. The molecule has 1 unspecified atom stereocenters. The van der Waals surface area contributed by atoms with Gasteiger partial charge in [0.05, 0.1) is 11.4 Å². The summed E-state index contributed by atoms with van der Waals surface area (Å²) in [5.74, 6) is -1.90. The number of imidazole rings is 2. The monoisotopic (exact) mass is 426 g/mol. The van der Waals surface area contributed by atoms with Gasteiger partial charge in [0.25, 0.3) is 0 Å². The van der Waals surface area contributed by atoms with Gasteiger partial charge >= 0.3 is 17.8 Å². The number of fused-ring (bicyclic) bond motifs is 2. The van der Waals surface area contributed by atoms with Crippen molar-refractivity contribution in [3.8, 4) is 0 Å². The van der Waals surface area contributed by atoms with Crippen molar-refractivity contribution in [1.82, 2.24) is 29.4 Å². The van der Waals surface area contributed by atoms with E-state index in [9.17, 15) is 22.8 Å². The largest absolute Gasteiger partial charge is 0.490 e. The van der Waals surface area contributed by atoms with Crippen LogP contribution in [-0.2, 0) is 29.1 Å². The van der Waals surface area contributed by atoms with Crippen molar-refractivity contribution < 1.29 is 27.9 Å².